The molecule has 4 aromatic carbocycles. The van der Waals surface area contributed by atoms with Crippen LogP contribution < -0.4 is 15.5 Å². The number of carbonyl (C=O) groups excluding carboxylic acids is 3. The van der Waals surface area contributed by atoms with Gasteiger partial charge in [-0.1, -0.05) is 63.9 Å². The second-order valence-corrected chi connectivity index (χ2v) is 9.44. The maximum absolute atomic E-state index is 12.7. The summed E-state index contributed by atoms with van der Waals surface area (Å²) >= 11 is 9.26. The van der Waals surface area contributed by atoms with Gasteiger partial charge in [-0.25, -0.2) is 10.2 Å². The average Bonchev–Trinajstić information content (AvgIpc) is 2.94. The Bertz CT molecular complexity index is 1550. The van der Waals surface area contributed by atoms with E-state index < -0.39 is 11.9 Å². The SMILES string of the molecule is O=C(/C=C/c1ccc(Cl)cc1)Oc1ccc(Br)cc1C=NNC(=O)c1cccc(NC(=O)c2ccccc2)c1. The van der Waals surface area contributed by atoms with E-state index in [0.717, 1.165) is 10.0 Å². The van der Waals surface area contributed by atoms with Crippen molar-refractivity contribution in [2.45, 2.75) is 0 Å². The molecule has 4 rings (SSSR count). The minimum atomic E-state index is -0.583. The smallest absolute Gasteiger partial charge is 0.336 e. The van der Waals surface area contributed by atoms with Crippen LogP contribution in [0.2, 0.25) is 5.02 Å². The number of nitrogens with one attached hydrogen (secondary N) is 2. The van der Waals surface area contributed by atoms with E-state index in [4.69, 9.17) is 16.3 Å². The maximum atomic E-state index is 12.7. The molecule has 0 bridgehead atoms. The van der Waals surface area contributed by atoms with E-state index in [9.17, 15) is 14.4 Å². The van der Waals surface area contributed by atoms with Crippen LogP contribution in [0.4, 0.5) is 5.69 Å². The maximum Gasteiger partial charge on any atom is 0.336 e. The van der Waals surface area contributed by atoms with Crippen LogP contribution >= 0.6 is 27.5 Å². The van der Waals surface area contributed by atoms with Crippen molar-refractivity contribution < 1.29 is 19.1 Å². The highest BCUT2D eigenvalue weighted by molar-refractivity contribution is 9.10. The highest BCUT2D eigenvalue weighted by Crippen LogP contribution is 2.22. The van der Waals surface area contributed by atoms with Crippen molar-refractivity contribution in [2.24, 2.45) is 5.10 Å². The summed E-state index contributed by atoms with van der Waals surface area (Å²) in [5.41, 5.74) is 4.97. The number of halogens is 2. The fraction of sp³-hybridized carbons (Fsp3) is 0. The highest BCUT2D eigenvalue weighted by Gasteiger charge is 2.10. The van der Waals surface area contributed by atoms with Crippen molar-refractivity contribution in [3.8, 4) is 5.75 Å². The number of anilines is 1. The van der Waals surface area contributed by atoms with Crippen molar-refractivity contribution in [1.29, 1.82) is 0 Å². The molecule has 7 nitrogen and oxygen atoms in total. The summed E-state index contributed by atoms with van der Waals surface area (Å²) in [6.45, 7) is 0. The van der Waals surface area contributed by atoms with Crippen LogP contribution in [0.1, 0.15) is 31.8 Å². The number of hydrogen-bond acceptors (Lipinski definition) is 5. The molecule has 0 saturated carbocycles. The lowest BCUT2D eigenvalue weighted by atomic mass is 10.1. The second-order valence-electron chi connectivity index (χ2n) is 8.09. The summed E-state index contributed by atoms with van der Waals surface area (Å²) in [6.07, 6.45) is 4.29. The van der Waals surface area contributed by atoms with Gasteiger partial charge in [-0.2, -0.15) is 5.10 Å². The minimum absolute atomic E-state index is 0.257. The number of hydrogen-bond donors (Lipinski definition) is 2. The lowest BCUT2D eigenvalue weighted by Crippen LogP contribution is -2.18. The molecule has 9 heteroatoms. The summed E-state index contributed by atoms with van der Waals surface area (Å²) in [4.78, 5) is 37.4. The lowest BCUT2D eigenvalue weighted by molar-refractivity contribution is -0.128. The van der Waals surface area contributed by atoms with Gasteiger partial charge in [-0.05, 0) is 72.3 Å². The number of hydrazone groups is 1. The quantitative estimate of drug-likeness (QED) is 0.0768. The third-order valence-corrected chi connectivity index (χ3v) is 6.00. The molecular formula is C30H21BrClN3O4. The van der Waals surface area contributed by atoms with Crippen molar-refractivity contribution >= 4 is 63.3 Å². The van der Waals surface area contributed by atoms with Crippen LogP contribution in [0.15, 0.2) is 113 Å². The molecule has 0 aliphatic carbocycles. The molecule has 0 aliphatic rings. The van der Waals surface area contributed by atoms with Crippen molar-refractivity contribution in [1.82, 2.24) is 5.43 Å². The van der Waals surface area contributed by atoms with Crippen LogP contribution in [-0.2, 0) is 4.79 Å². The van der Waals surface area contributed by atoms with E-state index in [1.165, 1.54) is 12.3 Å². The molecule has 2 N–H and O–H groups in total. The van der Waals surface area contributed by atoms with Gasteiger partial charge in [0.05, 0.1) is 6.21 Å². The van der Waals surface area contributed by atoms with E-state index in [1.807, 2.05) is 6.07 Å². The van der Waals surface area contributed by atoms with Crippen LogP contribution in [0.5, 0.6) is 5.75 Å². The van der Waals surface area contributed by atoms with Gasteiger partial charge in [0, 0.05) is 37.9 Å². The fourth-order valence-corrected chi connectivity index (χ4v) is 3.85. The van der Waals surface area contributed by atoms with Gasteiger partial charge in [0.1, 0.15) is 5.75 Å². The first kappa shape index (κ1) is 27.5. The van der Waals surface area contributed by atoms with Gasteiger partial charge in [0.25, 0.3) is 11.8 Å². The molecule has 0 fully saturated rings. The van der Waals surface area contributed by atoms with E-state index in [1.54, 1.807) is 97.1 Å². The van der Waals surface area contributed by atoms with Gasteiger partial charge in [0.15, 0.2) is 0 Å². The standard InChI is InChI=1S/C30H21BrClN3O4/c31-24-12-15-27(39-28(36)16-11-20-9-13-25(32)14-10-20)23(17-24)19-33-35-30(38)22-7-4-8-26(18-22)34-29(37)21-5-2-1-3-6-21/h1-19H,(H,34,37)(H,35,38)/b16-11+,33-19?. The predicted molar refractivity (Wildman–Crippen MR) is 156 cm³/mol. The van der Waals surface area contributed by atoms with Gasteiger partial charge in [-0.3, -0.25) is 9.59 Å². The summed E-state index contributed by atoms with van der Waals surface area (Å²) in [5.74, 6) is -1.10. The summed E-state index contributed by atoms with van der Waals surface area (Å²) in [6, 6.07) is 27.3. The number of ether oxygens (including phenoxy) is 1. The fourth-order valence-electron chi connectivity index (χ4n) is 3.35. The lowest BCUT2D eigenvalue weighted by Gasteiger charge is -2.08. The number of amides is 2. The predicted octanol–water partition coefficient (Wildman–Crippen LogP) is 6.74. The van der Waals surface area contributed by atoms with Crippen LogP contribution in [0.25, 0.3) is 6.08 Å². The number of esters is 1. The Morgan fingerprint density at radius 1 is 0.821 bits per heavy atom. The molecule has 2 amide bonds. The van der Waals surface area contributed by atoms with Gasteiger partial charge < -0.3 is 10.1 Å². The molecule has 0 aromatic heterocycles. The summed E-state index contributed by atoms with van der Waals surface area (Å²) < 4.78 is 6.19. The highest BCUT2D eigenvalue weighted by atomic mass is 79.9. The van der Waals surface area contributed by atoms with E-state index >= 15 is 0 Å². The number of benzene rings is 4. The molecule has 4 aromatic rings. The first-order chi connectivity index (χ1) is 18.9. The Kier molecular flexibility index (Phi) is 9.39. The first-order valence-corrected chi connectivity index (χ1v) is 12.8. The van der Waals surface area contributed by atoms with Crippen LogP contribution in [0, 0.1) is 0 Å². The second kappa shape index (κ2) is 13.3. The number of rotatable bonds is 8. The number of carbonyl (C=O) groups is 3. The molecule has 0 heterocycles. The normalized spacial score (nSPS) is 10.9. The molecule has 0 saturated heterocycles. The zero-order valence-corrected chi connectivity index (χ0v) is 22.6. The van der Waals surface area contributed by atoms with E-state index in [0.29, 0.717) is 27.4 Å². The third kappa shape index (κ3) is 8.23. The topological polar surface area (TPSA) is 96.9 Å². The Morgan fingerprint density at radius 2 is 1.56 bits per heavy atom. The molecular weight excluding hydrogens is 582 g/mol. The van der Waals surface area contributed by atoms with Crippen molar-refractivity contribution in [2.75, 3.05) is 5.32 Å². The molecule has 0 unspecified atom stereocenters. The zero-order chi connectivity index (χ0) is 27.6. The monoisotopic (exact) mass is 601 g/mol. The van der Waals surface area contributed by atoms with Crippen LogP contribution in [0.3, 0.4) is 0 Å². The summed E-state index contributed by atoms with van der Waals surface area (Å²) in [5, 5.41) is 7.38. The van der Waals surface area contributed by atoms with Crippen molar-refractivity contribution in [3.05, 3.63) is 135 Å². The molecule has 0 aliphatic heterocycles. The van der Waals surface area contributed by atoms with Gasteiger partial charge in [-0.15, -0.1) is 0 Å². The van der Waals surface area contributed by atoms with Gasteiger partial charge >= 0.3 is 5.97 Å². The average molecular weight is 603 g/mol. The van der Waals surface area contributed by atoms with Crippen LogP contribution in [-0.4, -0.2) is 24.0 Å². The molecule has 0 radical (unpaired) electrons. The third-order valence-electron chi connectivity index (χ3n) is 5.25. The van der Waals surface area contributed by atoms with Gasteiger partial charge in [0.2, 0.25) is 0 Å². The molecule has 0 spiro atoms. The first-order valence-electron chi connectivity index (χ1n) is 11.6. The Hall–Kier alpha value is -4.53. The summed E-state index contributed by atoms with van der Waals surface area (Å²) in [7, 11) is 0. The Balaban J connectivity index is 1.39. The molecule has 0 atom stereocenters. The Labute approximate surface area is 238 Å². The molecule has 39 heavy (non-hydrogen) atoms. The zero-order valence-electron chi connectivity index (χ0n) is 20.3. The minimum Gasteiger partial charge on any atom is -0.423 e. The Morgan fingerprint density at radius 3 is 2.33 bits per heavy atom. The van der Waals surface area contributed by atoms with Crippen molar-refractivity contribution in [3.63, 3.8) is 0 Å². The van der Waals surface area contributed by atoms with E-state index in [-0.39, 0.29) is 11.7 Å². The largest absolute Gasteiger partial charge is 0.423 e. The molecule has 194 valence electrons. The number of nitrogens with zero attached hydrogens (tertiary/aromatic N) is 1. The van der Waals surface area contributed by atoms with E-state index in [2.05, 4.69) is 31.8 Å².